The predicted octanol–water partition coefficient (Wildman–Crippen LogP) is 5.47. The number of hydrogen-bond donors (Lipinski definition) is 1. The van der Waals surface area contributed by atoms with Gasteiger partial charge in [0.25, 0.3) is 15.9 Å². The fraction of sp³-hybridized carbons (Fsp3) is 0.200. The first-order chi connectivity index (χ1) is 16.0. The molecule has 0 saturated heterocycles. The third-order valence-electron chi connectivity index (χ3n) is 5.59. The number of pyridine rings is 1. The van der Waals surface area contributed by atoms with Gasteiger partial charge in [-0.1, -0.05) is 51.1 Å². The fourth-order valence-electron chi connectivity index (χ4n) is 3.82. The van der Waals surface area contributed by atoms with Crippen LogP contribution in [0.1, 0.15) is 42.3 Å². The SMILES string of the molecule is C=C1c2c(Cl)ccc(NS(=O)(=O)c3ccc(C(C)(C)C)cc3)c2C(=O)N1c1cccnc1OC. The maximum Gasteiger partial charge on any atom is 0.265 e. The number of anilines is 2. The molecule has 1 aliphatic rings. The van der Waals surface area contributed by atoms with E-state index >= 15 is 0 Å². The summed E-state index contributed by atoms with van der Waals surface area (Å²) in [7, 11) is -2.53. The van der Waals surface area contributed by atoms with Crippen molar-refractivity contribution in [2.24, 2.45) is 0 Å². The Labute approximate surface area is 204 Å². The first kappa shape index (κ1) is 23.8. The number of ether oxygens (including phenoxy) is 1. The lowest BCUT2D eigenvalue weighted by Gasteiger charge is -2.19. The van der Waals surface area contributed by atoms with Gasteiger partial charge in [-0.3, -0.25) is 14.4 Å². The van der Waals surface area contributed by atoms with Gasteiger partial charge in [-0.15, -0.1) is 0 Å². The lowest BCUT2D eigenvalue weighted by atomic mass is 9.87. The van der Waals surface area contributed by atoms with Crippen LogP contribution in [0.2, 0.25) is 5.02 Å². The number of benzene rings is 2. The maximum atomic E-state index is 13.5. The zero-order chi connectivity index (χ0) is 24.8. The maximum absolute atomic E-state index is 13.5. The van der Waals surface area contributed by atoms with Crippen molar-refractivity contribution in [1.29, 1.82) is 0 Å². The summed E-state index contributed by atoms with van der Waals surface area (Å²) in [4.78, 5) is 19.1. The van der Waals surface area contributed by atoms with E-state index in [9.17, 15) is 13.2 Å². The number of fused-ring (bicyclic) bond motifs is 1. The standard InChI is InChI=1S/C25H24ClN3O4S/c1-15-21-18(26)12-13-19(22(21)24(30)29(15)20-7-6-14-27-23(20)33-5)28-34(31,32)17-10-8-16(9-11-17)25(2,3)4/h6-14,28H,1H2,2-5H3. The van der Waals surface area contributed by atoms with E-state index in [1.807, 2.05) is 20.8 Å². The van der Waals surface area contributed by atoms with E-state index in [4.69, 9.17) is 16.3 Å². The zero-order valence-electron chi connectivity index (χ0n) is 19.2. The van der Waals surface area contributed by atoms with Gasteiger partial charge in [0.2, 0.25) is 5.88 Å². The summed E-state index contributed by atoms with van der Waals surface area (Å²) in [5, 5.41) is 0.274. The Kier molecular flexibility index (Phi) is 5.91. The third-order valence-corrected chi connectivity index (χ3v) is 7.29. The van der Waals surface area contributed by atoms with E-state index in [0.29, 0.717) is 16.9 Å². The molecule has 2 aromatic carbocycles. The molecule has 3 aromatic rings. The number of nitrogens with zero attached hydrogens (tertiary/aromatic N) is 2. The number of halogens is 1. The van der Waals surface area contributed by atoms with Crippen molar-refractivity contribution in [1.82, 2.24) is 4.98 Å². The number of aromatic nitrogens is 1. The van der Waals surface area contributed by atoms with Crippen LogP contribution in [0.15, 0.2) is 66.2 Å². The molecular weight excluding hydrogens is 474 g/mol. The molecule has 7 nitrogen and oxygen atoms in total. The van der Waals surface area contributed by atoms with Gasteiger partial charge in [0.15, 0.2) is 0 Å². The summed E-state index contributed by atoms with van der Waals surface area (Å²) in [5.74, 6) is -0.267. The molecule has 1 N–H and O–H groups in total. The fourth-order valence-corrected chi connectivity index (χ4v) is 5.15. The quantitative estimate of drug-likeness (QED) is 0.504. The molecule has 34 heavy (non-hydrogen) atoms. The molecule has 1 aliphatic heterocycles. The highest BCUT2D eigenvalue weighted by Crippen LogP contribution is 2.45. The minimum atomic E-state index is -3.98. The number of nitrogens with one attached hydrogen (secondary N) is 1. The topological polar surface area (TPSA) is 88.6 Å². The molecule has 0 atom stereocenters. The molecule has 0 radical (unpaired) electrons. The Morgan fingerprint density at radius 2 is 1.74 bits per heavy atom. The van der Waals surface area contributed by atoms with Crippen molar-refractivity contribution in [3.05, 3.63) is 83.0 Å². The number of methoxy groups -OCH3 is 1. The van der Waals surface area contributed by atoms with E-state index in [0.717, 1.165) is 5.56 Å². The Balaban J connectivity index is 1.75. The molecule has 0 unspecified atom stereocenters. The largest absolute Gasteiger partial charge is 0.480 e. The van der Waals surface area contributed by atoms with E-state index in [-0.39, 0.29) is 32.5 Å². The molecule has 9 heteroatoms. The second-order valence-corrected chi connectivity index (χ2v) is 10.9. The summed E-state index contributed by atoms with van der Waals surface area (Å²) in [5.41, 5.74) is 2.13. The normalized spacial score (nSPS) is 13.7. The molecule has 1 amide bonds. The van der Waals surface area contributed by atoms with Crippen LogP contribution in [0.4, 0.5) is 11.4 Å². The van der Waals surface area contributed by atoms with Crippen LogP contribution in [0.5, 0.6) is 5.88 Å². The second-order valence-electron chi connectivity index (χ2n) is 8.84. The first-order valence-corrected chi connectivity index (χ1v) is 12.3. The molecular formula is C25H24ClN3O4S. The van der Waals surface area contributed by atoms with Gasteiger partial charge >= 0.3 is 0 Å². The molecule has 0 saturated carbocycles. The number of sulfonamides is 1. The van der Waals surface area contributed by atoms with Gasteiger partial charge in [0.05, 0.1) is 34.0 Å². The predicted molar refractivity (Wildman–Crippen MR) is 134 cm³/mol. The molecule has 176 valence electrons. The average Bonchev–Trinajstić information content (AvgIpc) is 3.06. The van der Waals surface area contributed by atoms with Crippen LogP contribution >= 0.6 is 11.6 Å². The molecule has 0 bridgehead atoms. The first-order valence-electron chi connectivity index (χ1n) is 10.4. The third kappa shape index (κ3) is 4.03. The van der Waals surface area contributed by atoms with Gasteiger partial charge < -0.3 is 4.74 Å². The van der Waals surface area contributed by atoms with Crippen molar-refractivity contribution in [3.8, 4) is 5.88 Å². The summed E-state index contributed by atoms with van der Waals surface area (Å²) < 4.78 is 34.2. The number of rotatable bonds is 5. The van der Waals surface area contributed by atoms with Gasteiger partial charge in [0.1, 0.15) is 5.69 Å². The van der Waals surface area contributed by atoms with Crippen molar-refractivity contribution < 1.29 is 17.9 Å². The van der Waals surface area contributed by atoms with E-state index in [2.05, 4.69) is 16.3 Å². The van der Waals surface area contributed by atoms with Crippen LogP contribution < -0.4 is 14.4 Å². The van der Waals surface area contributed by atoms with Crippen LogP contribution in [-0.4, -0.2) is 26.4 Å². The lowest BCUT2D eigenvalue weighted by molar-refractivity contribution is 0.101. The number of carbonyl (C=O) groups excluding carboxylic acids is 1. The Bertz CT molecular complexity index is 1410. The van der Waals surface area contributed by atoms with Crippen LogP contribution in [0, 0.1) is 0 Å². The molecule has 0 aliphatic carbocycles. The summed E-state index contributed by atoms with van der Waals surface area (Å²) in [6.07, 6.45) is 1.54. The summed E-state index contributed by atoms with van der Waals surface area (Å²) >= 11 is 6.41. The Hall–Kier alpha value is -3.36. The molecule has 0 fully saturated rings. The molecule has 4 rings (SSSR count). The van der Waals surface area contributed by atoms with Crippen molar-refractivity contribution in [2.45, 2.75) is 31.1 Å². The minimum absolute atomic E-state index is 0.0826. The highest BCUT2D eigenvalue weighted by molar-refractivity contribution is 7.92. The molecule has 0 spiro atoms. The van der Waals surface area contributed by atoms with Crippen LogP contribution in [0.25, 0.3) is 5.70 Å². The highest BCUT2D eigenvalue weighted by atomic mass is 35.5. The van der Waals surface area contributed by atoms with Gasteiger partial charge in [-0.25, -0.2) is 13.4 Å². The second kappa shape index (κ2) is 8.45. The average molecular weight is 498 g/mol. The highest BCUT2D eigenvalue weighted by Gasteiger charge is 2.38. The number of amides is 1. The van der Waals surface area contributed by atoms with Gasteiger partial charge in [0, 0.05) is 11.8 Å². The molecule has 1 aromatic heterocycles. The lowest BCUT2D eigenvalue weighted by Crippen LogP contribution is -2.24. The Morgan fingerprint density at radius 3 is 2.35 bits per heavy atom. The van der Waals surface area contributed by atoms with Crippen molar-refractivity contribution in [3.63, 3.8) is 0 Å². The minimum Gasteiger partial charge on any atom is -0.480 e. The molecule has 2 heterocycles. The monoisotopic (exact) mass is 497 g/mol. The van der Waals surface area contributed by atoms with E-state index < -0.39 is 15.9 Å². The summed E-state index contributed by atoms with van der Waals surface area (Å²) in [6.45, 7) is 10.2. The number of hydrogen-bond acceptors (Lipinski definition) is 5. The summed E-state index contributed by atoms with van der Waals surface area (Å²) in [6, 6.07) is 13.0. The Morgan fingerprint density at radius 1 is 1.06 bits per heavy atom. The van der Waals surface area contributed by atoms with Crippen LogP contribution in [-0.2, 0) is 15.4 Å². The number of carbonyl (C=O) groups is 1. The van der Waals surface area contributed by atoms with E-state index in [1.165, 1.54) is 30.3 Å². The van der Waals surface area contributed by atoms with Gasteiger partial charge in [-0.2, -0.15) is 0 Å². The van der Waals surface area contributed by atoms with E-state index in [1.54, 1.807) is 36.4 Å². The smallest absolute Gasteiger partial charge is 0.265 e. The van der Waals surface area contributed by atoms with Crippen molar-refractivity contribution in [2.75, 3.05) is 16.7 Å². The van der Waals surface area contributed by atoms with Crippen LogP contribution in [0.3, 0.4) is 0 Å². The zero-order valence-corrected chi connectivity index (χ0v) is 20.8. The van der Waals surface area contributed by atoms with Gasteiger partial charge in [-0.05, 0) is 47.4 Å². The van der Waals surface area contributed by atoms with Crippen molar-refractivity contribution >= 4 is 44.6 Å².